The van der Waals surface area contributed by atoms with Gasteiger partial charge >= 0.3 is 0 Å². The molecule has 0 saturated carbocycles. The molecule has 0 fully saturated rings. The fraction of sp³-hybridized carbons (Fsp3) is 0.385. The largest absolute Gasteiger partial charge is 0.485 e. The summed E-state index contributed by atoms with van der Waals surface area (Å²) >= 11 is 0. The number of carbonyl (C=O) groups excluding carboxylic acids is 1. The van der Waals surface area contributed by atoms with E-state index in [4.69, 9.17) is 20.4 Å². The van der Waals surface area contributed by atoms with Gasteiger partial charge in [0.25, 0.3) is 0 Å². The molecule has 1 rings (SSSR count). The molecular weight excluding hydrogens is 262 g/mol. The average Bonchev–Trinajstić information content (AvgIpc) is 2.45. The first-order valence-corrected chi connectivity index (χ1v) is 6.22. The van der Waals surface area contributed by atoms with Crippen LogP contribution in [0.3, 0.4) is 0 Å². The average molecular weight is 281 g/mol. The van der Waals surface area contributed by atoms with Gasteiger partial charge in [-0.05, 0) is 18.6 Å². The normalized spacial score (nSPS) is 11.2. The van der Waals surface area contributed by atoms with Crippen molar-refractivity contribution in [2.24, 2.45) is 10.9 Å². The summed E-state index contributed by atoms with van der Waals surface area (Å²) in [5.74, 6) is 0.239. The van der Waals surface area contributed by atoms with Gasteiger partial charge < -0.3 is 25.7 Å². The van der Waals surface area contributed by atoms with Gasteiger partial charge in [0.15, 0.2) is 5.84 Å². The maximum absolute atomic E-state index is 11.6. The van der Waals surface area contributed by atoms with Gasteiger partial charge in [0, 0.05) is 18.4 Å². The van der Waals surface area contributed by atoms with Gasteiger partial charge in [0.1, 0.15) is 19.0 Å². The van der Waals surface area contributed by atoms with Crippen molar-refractivity contribution < 1.29 is 19.5 Å². The summed E-state index contributed by atoms with van der Waals surface area (Å²) in [7, 11) is 0. The Morgan fingerprint density at radius 2 is 2.25 bits per heavy atom. The lowest BCUT2D eigenvalue weighted by molar-refractivity contribution is -0.120. The Bertz CT molecular complexity index is 463. The third-order valence-electron chi connectivity index (χ3n) is 2.21. The van der Waals surface area contributed by atoms with E-state index in [-0.39, 0.29) is 25.0 Å². The van der Waals surface area contributed by atoms with Crippen molar-refractivity contribution in [1.29, 1.82) is 0 Å². The second-order valence-corrected chi connectivity index (χ2v) is 4.01. The summed E-state index contributed by atoms with van der Waals surface area (Å²) in [6, 6.07) is 6.80. The van der Waals surface area contributed by atoms with Gasteiger partial charge in [-0.3, -0.25) is 4.79 Å². The third-order valence-corrected chi connectivity index (χ3v) is 2.21. The van der Waals surface area contributed by atoms with Crippen LogP contribution in [0.4, 0.5) is 5.69 Å². The molecule has 7 heteroatoms. The van der Waals surface area contributed by atoms with E-state index in [9.17, 15) is 4.79 Å². The molecule has 7 nitrogen and oxygen atoms in total. The number of anilines is 1. The number of amidine groups is 1. The lowest BCUT2D eigenvalue weighted by Gasteiger charge is -2.09. The molecule has 1 aromatic rings. The number of ether oxygens (including phenoxy) is 2. The van der Waals surface area contributed by atoms with Gasteiger partial charge in [-0.25, -0.2) is 0 Å². The van der Waals surface area contributed by atoms with Gasteiger partial charge in [-0.15, -0.1) is 0 Å². The Balaban J connectivity index is 2.48. The molecule has 0 radical (unpaired) electrons. The highest BCUT2D eigenvalue weighted by atomic mass is 16.5. The summed E-state index contributed by atoms with van der Waals surface area (Å²) in [6.07, 6.45) is 0.866. The zero-order chi connectivity index (χ0) is 14.8. The van der Waals surface area contributed by atoms with Crippen molar-refractivity contribution in [3.05, 3.63) is 24.3 Å². The van der Waals surface area contributed by atoms with E-state index in [1.807, 2.05) is 6.92 Å². The van der Waals surface area contributed by atoms with E-state index < -0.39 is 0 Å². The molecule has 0 aliphatic rings. The lowest BCUT2D eigenvalue weighted by Crippen LogP contribution is -2.21. The van der Waals surface area contributed by atoms with Crippen LogP contribution in [-0.4, -0.2) is 36.8 Å². The molecule has 0 heterocycles. The van der Waals surface area contributed by atoms with E-state index >= 15 is 0 Å². The fourth-order valence-corrected chi connectivity index (χ4v) is 1.36. The number of nitrogens with one attached hydrogen (secondary N) is 1. The minimum absolute atomic E-state index is 0.0169. The summed E-state index contributed by atoms with van der Waals surface area (Å²) < 4.78 is 10.4. The van der Waals surface area contributed by atoms with Gasteiger partial charge in [-0.2, -0.15) is 0 Å². The molecule has 4 N–H and O–H groups in total. The smallest absolute Gasteiger partial charge is 0.250 e. The quantitative estimate of drug-likeness (QED) is 0.218. The maximum Gasteiger partial charge on any atom is 0.250 e. The zero-order valence-corrected chi connectivity index (χ0v) is 11.3. The molecule has 110 valence electrons. The van der Waals surface area contributed by atoms with Crippen LogP contribution in [-0.2, 0) is 9.53 Å². The number of rotatable bonds is 8. The van der Waals surface area contributed by atoms with Crippen molar-refractivity contribution in [3.63, 3.8) is 0 Å². The molecule has 0 spiro atoms. The van der Waals surface area contributed by atoms with Gasteiger partial charge in [-0.1, -0.05) is 18.1 Å². The van der Waals surface area contributed by atoms with Crippen LogP contribution in [0.25, 0.3) is 0 Å². The number of benzene rings is 1. The maximum atomic E-state index is 11.6. The SMILES string of the molecule is CCCOCC(=O)Nc1cccc(OC/C(N)=N/O)c1. The van der Waals surface area contributed by atoms with Crippen molar-refractivity contribution >= 4 is 17.4 Å². The summed E-state index contributed by atoms with van der Waals surface area (Å²) in [5, 5.41) is 13.9. The molecular formula is C13H19N3O4. The van der Waals surface area contributed by atoms with Crippen LogP contribution in [0.1, 0.15) is 13.3 Å². The lowest BCUT2D eigenvalue weighted by atomic mass is 10.3. The number of amides is 1. The summed E-state index contributed by atoms with van der Waals surface area (Å²) in [4.78, 5) is 11.6. The number of hydrogen-bond acceptors (Lipinski definition) is 5. The highest BCUT2D eigenvalue weighted by Gasteiger charge is 2.04. The number of hydrogen-bond donors (Lipinski definition) is 3. The Morgan fingerprint density at radius 1 is 1.45 bits per heavy atom. The highest BCUT2D eigenvalue weighted by Crippen LogP contribution is 2.17. The van der Waals surface area contributed by atoms with Crippen LogP contribution < -0.4 is 15.8 Å². The molecule has 0 aliphatic heterocycles. The first kappa shape index (κ1) is 15.8. The zero-order valence-electron chi connectivity index (χ0n) is 11.3. The van der Waals surface area contributed by atoms with Crippen molar-refractivity contribution in [2.45, 2.75) is 13.3 Å². The molecule has 0 unspecified atom stereocenters. The first-order valence-electron chi connectivity index (χ1n) is 6.22. The number of carbonyl (C=O) groups is 1. The van der Waals surface area contributed by atoms with Gasteiger partial charge in [0.2, 0.25) is 5.91 Å². The number of nitrogens with zero attached hydrogens (tertiary/aromatic N) is 1. The molecule has 1 aromatic carbocycles. The monoisotopic (exact) mass is 281 g/mol. The van der Waals surface area contributed by atoms with Crippen LogP contribution in [0.5, 0.6) is 5.75 Å². The minimum atomic E-state index is -0.230. The molecule has 0 saturated heterocycles. The van der Waals surface area contributed by atoms with E-state index in [1.165, 1.54) is 0 Å². The molecule has 1 amide bonds. The number of nitrogens with two attached hydrogens (primary N) is 1. The molecule has 0 aromatic heterocycles. The van der Waals surface area contributed by atoms with Gasteiger partial charge in [0.05, 0.1) is 0 Å². The Kier molecular flexibility index (Phi) is 6.91. The molecule has 0 bridgehead atoms. The summed E-state index contributed by atoms with van der Waals surface area (Å²) in [6.45, 7) is 2.51. The Labute approximate surface area is 117 Å². The van der Waals surface area contributed by atoms with Crippen LogP contribution in [0.2, 0.25) is 0 Å². The first-order chi connectivity index (χ1) is 9.65. The van der Waals surface area contributed by atoms with E-state index in [1.54, 1.807) is 24.3 Å². The Hall–Kier alpha value is -2.28. The molecule has 0 atom stereocenters. The molecule has 20 heavy (non-hydrogen) atoms. The predicted octanol–water partition coefficient (Wildman–Crippen LogP) is 1.18. The van der Waals surface area contributed by atoms with Crippen LogP contribution in [0, 0.1) is 0 Å². The third kappa shape index (κ3) is 6.05. The van der Waals surface area contributed by atoms with Crippen molar-refractivity contribution in [1.82, 2.24) is 0 Å². The minimum Gasteiger partial charge on any atom is -0.485 e. The van der Waals surface area contributed by atoms with Crippen LogP contribution >= 0.6 is 0 Å². The van der Waals surface area contributed by atoms with Crippen molar-refractivity contribution in [2.75, 3.05) is 25.1 Å². The fourth-order valence-electron chi connectivity index (χ4n) is 1.36. The van der Waals surface area contributed by atoms with Crippen LogP contribution in [0.15, 0.2) is 29.4 Å². The second-order valence-electron chi connectivity index (χ2n) is 4.01. The van der Waals surface area contributed by atoms with E-state index in [0.717, 1.165) is 6.42 Å². The highest BCUT2D eigenvalue weighted by molar-refractivity contribution is 5.91. The summed E-state index contributed by atoms with van der Waals surface area (Å²) in [5.41, 5.74) is 5.89. The standard InChI is InChI=1S/C13H19N3O4/c1-2-6-19-9-13(17)15-10-4-3-5-11(7-10)20-8-12(14)16-18/h3-5,7,18H,2,6,8-9H2,1H3,(H2,14,16)(H,15,17). The van der Waals surface area contributed by atoms with Crippen molar-refractivity contribution in [3.8, 4) is 5.75 Å². The predicted molar refractivity (Wildman–Crippen MR) is 75.1 cm³/mol. The van der Waals surface area contributed by atoms with E-state index in [2.05, 4.69) is 10.5 Å². The number of oxime groups is 1. The molecule has 0 aliphatic carbocycles. The second kappa shape index (κ2) is 8.76. The van der Waals surface area contributed by atoms with E-state index in [0.29, 0.717) is 18.0 Å². The topological polar surface area (TPSA) is 106 Å². The Morgan fingerprint density at radius 3 is 2.95 bits per heavy atom.